The van der Waals surface area contributed by atoms with Crippen molar-refractivity contribution in [1.82, 2.24) is 5.32 Å². The molecule has 0 saturated carbocycles. The second kappa shape index (κ2) is 7.07. The molecule has 0 aliphatic carbocycles. The Labute approximate surface area is 98.3 Å². The summed E-state index contributed by atoms with van der Waals surface area (Å²) < 4.78 is 5.50. The van der Waals surface area contributed by atoms with Gasteiger partial charge in [-0.1, -0.05) is 25.1 Å². The normalized spacial score (nSPS) is 12.1. The fourth-order valence-corrected chi connectivity index (χ4v) is 1.74. The Kier molecular flexibility index (Phi) is 5.65. The third-order valence-corrected chi connectivity index (χ3v) is 2.42. The maximum absolute atomic E-state index is 5.50. The molecule has 0 aliphatic heterocycles. The highest BCUT2D eigenvalue weighted by Crippen LogP contribution is 2.21. The number of nitrogens with one attached hydrogen (secondary N) is 1. The van der Waals surface area contributed by atoms with E-state index in [4.69, 9.17) is 4.74 Å². The van der Waals surface area contributed by atoms with E-state index in [2.05, 4.69) is 31.0 Å². The molecule has 2 heteroatoms. The van der Waals surface area contributed by atoms with Crippen molar-refractivity contribution in [3.8, 4) is 5.75 Å². The van der Waals surface area contributed by atoms with Crippen LogP contribution >= 0.6 is 0 Å². The summed E-state index contributed by atoms with van der Waals surface area (Å²) in [5.41, 5.74) is 1.26. The third kappa shape index (κ3) is 3.70. The van der Waals surface area contributed by atoms with Crippen LogP contribution in [-0.2, 0) is 0 Å². The number of hydrogen-bond donors (Lipinski definition) is 1. The van der Waals surface area contributed by atoms with Crippen molar-refractivity contribution in [2.24, 2.45) is 0 Å². The minimum absolute atomic E-state index is 0.336. The van der Waals surface area contributed by atoms with Gasteiger partial charge in [-0.15, -0.1) is 6.58 Å². The van der Waals surface area contributed by atoms with Crippen molar-refractivity contribution in [2.45, 2.75) is 26.3 Å². The van der Waals surface area contributed by atoms with Gasteiger partial charge in [-0.2, -0.15) is 0 Å². The topological polar surface area (TPSA) is 21.3 Å². The van der Waals surface area contributed by atoms with Crippen molar-refractivity contribution >= 4 is 0 Å². The van der Waals surface area contributed by atoms with E-state index in [1.165, 1.54) is 5.56 Å². The number of benzene rings is 1. The van der Waals surface area contributed by atoms with Gasteiger partial charge in [0.25, 0.3) is 0 Å². The van der Waals surface area contributed by atoms with Crippen molar-refractivity contribution in [3.05, 3.63) is 42.5 Å². The van der Waals surface area contributed by atoms with E-state index in [0.717, 1.165) is 18.7 Å². The zero-order chi connectivity index (χ0) is 11.8. The summed E-state index contributed by atoms with van der Waals surface area (Å²) >= 11 is 0. The molecule has 1 aromatic rings. The second-order valence-corrected chi connectivity index (χ2v) is 3.64. The Morgan fingerprint density at radius 2 is 2.25 bits per heavy atom. The summed E-state index contributed by atoms with van der Waals surface area (Å²) in [6.45, 7) is 9.57. The van der Waals surface area contributed by atoms with Gasteiger partial charge >= 0.3 is 0 Å². The Morgan fingerprint density at radius 1 is 1.44 bits per heavy atom. The lowest BCUT2D eigenvalue weighted by atomic mass is 10.0. The van der Waals surface area contributed by atoms with E-state index in [1.54, 1.807) is 0 Å². The lowest BCUT2D eigenvalue weighted by Gasteiger charge is -2.17. The van der Waals surface area contributed by atoms with E-state index in [9.17, 15) is 0 Å². The first-order valence-electron chi connectivity index (χ1n) is 5.88. The van der Waals surface area contributed by atoms with E-state index < -0.39 is 0 Å². The first-order valence-corrected chi connectivity index (χ1v) is 5.88. The standard InChI is InChI=1S/C14H21NO/c1-4-8-14(15-5-2)12-9-7-10-13(11-12)16-6-3/h4,7,9-11,14-15H,1,5-6,8H2,2-3H3. The fraction of sp³-hybridized carbons (Fsp3) is 0.429. The predicted octanol–water partition coefficient (Wildman–Crippen LogP) is 3.31. The Morgan fingerprint density at radius 3 is 2.88 bits per heavy atom. The van der Waals surface area contributed by atoms with Crippen LogP contribution in [-0.4, -0.2) is 13.2 Å². The van der Waals surface area contributed by atoms with Crippen LogP contribution in [0.15, 0.2) is 36.9 Å². The highest BCUT2D eigenvalue weighted by Gasteiger charge is 2.08. The quantitative estimate of drug-likeness (QED) is 0.710. The van der Waals surface area contributed by atoms with E-state index in [1.807, 2.05) is 25.1 Å². The summed E-state index contributed by atoms with van der Waals surface area (Å²) in [5, 5.41) is 3.44. The van der Waals surface area contributed by atoms with Gasteiger partial charge in [0.05, 0.1) is 6.61 Å². The Bertz CT molecular complexity index is 322. The minimum atomic E-state index is 0.336. The molecule has 0 amide bonds. The fourth-order valence-electron chi connectivity index (χ4n) is 1.74. The van der Waals surface area contributed by atoms with Gasteiger partial charge in [0.1, 0.15) is 5.75 Å². The highest BCUT2D eigenvalue weighted by molar-refractivity contribution is 5.30. The third-order valence-electron chi connectivity index (χ3n) is 2.42. The van der Waals surface area contributed by atoms with E-state index >= 15 is 0 Å². The molecule has 1 unspecified atom stereocenters. The van der Waals surface area contributed by atoms with Gasteiger partial charge in [-0.05, 0) is 37.6 Å². The minimum Gasteiger partial charge on any atom is -0.494 e. The van der Waals surface area contributed by atoms with Gasteiger partial charge in [-0.25, -0.2) is 0 Å². The van der Waals surface area contributed by atoms with E-state index in [0.29, 0.717) is 12.6 Å². The Balaban J connectivity index is 2.81. The lowest BCUT2D eigenvalue weighted by Crippen LogP contribution is -2.20. The Hall–Kier alpha value is -1.28. The largest absolute Gasteiger partial charge is 0.494 e. The smallest absolute Gasteiger partial charge is 0.119 e. The first kappa shape index (κ1) is 12.8. The highest BCUT2D eigenvalue weighted by atomic mass is 16.5. The zero-order valence-corrected chi connectivity index (χ0v) is 10.2. The molecule has 0 bridgehead atoms. The summed E-state index contributed by atoms with van der Waals surface area (Å²) in [6, 6.07) is 8.58. The number of rotatable bonds is 7. The van der Waals surface area contributed by atoms with Gasteiger partial charge in [-0.3, -0.25) is 0 Å². The summed E-state index contributed by atoms with van der Waals surface area (Å²) in [5.74, 6) is 0.937. The maximum atomic E-state index is 5.50. The predicted molar refractivity (Wildman–Crippen MR) is 68.8 cm³/mol. The molecule has 0 fully saturated rings. The first-order chi connectivity index (χ1) is 7.81. The molecule has 1 aromatic carbocycles. The van der Waals surface area contributed by atoms with Gasteiger partial charge < -0.3 is 10.1 Å². The molecule has 0 heterocycles. The molecule has 1 atom stereocenters. The van der Waals surface area contributed by atoms with E-state index in [-0.39, 0.29) is 0 Å². The summed E-state index contributed by atoms with van der Waals surface area (Å²) in [6.07, 6.45) is 2.88. The molecule has 2 nitrogen and oxygen atoms in total. The number of ether oxygens (including phenoxy) is 1. The molecule has 16 heavy (non-hydrogen) atoms. The van der Waals surface area contributed by atoms with Crippen molar-refractivity contribution in [3.63, 3.8) is 0 Å². The lowest BCUT2D eigenvalue weighted by molar-refractivity contribution is 0.339. The monoisotopic (exact) mass is 219 g/mol. The van der Waals surface area contributed by atoms with Gasteiger partial charge in [0.2, 0.25) is 0 Å². The van der Waals surface area contributed by atoms with Crippen LogP contribution in [0.25, 0.3) is 0 Å². The van der Waals surface area contributed by atoms with Crippen LogP contribution in [0.2, 0.25) is 0 Å². The van der Waals surface area contributed by atoms with Crippen molar-refractivity contribution in [1.29, 1.82) is 0 Å². The van der Waals surface area contributed by atoms with Crippen LogP contribution in [0.1, 0.15) is 31.9 Å². The van der Waals surface area contributed by atoms with Crippen LogP contribution in [0.3, 0.4) is 0 Å². The summed E-state index contributed by atoms with van der Waals surface area (Å²) in [4.78, 5) is 0. The molecule has 1 N–H and O–H groups in total. The summed E-state index contributed by atoms with van der Waals surface area (Å²) in [7, 11) is 0. The molecule has 0 saturated heterocycles. The second-order valence-electron chi connectivity index (χ2n) is 3.64. The van der Waals surface area contributed by atoms with Gasteiger partial charge in [0.15, 0.2) is 0 Å². The van der Waals surface area contributed by atoms with Crippen LogP contribution in [0.5, 0.6) is 5.75 Å². The maximum Gasteiger partial charge on any atom is 0.119 e. The molecule has 0 aromatic heterocycles. The SMILES string of the molecule is C=CCC(NCC)c1cccc(OCC)c1. The number of hydrogen-bond acceptors (Lipinski definition) is 2. The average molecular weight is 219 g/mol. The van der Waals surface area contributed by atoms with Gasteiger partial charge in [0, 0.05) is 6.04 Å². The molecule has 0 spiro atoms. The average Bonchev–Trinajstić information content (AvgIpc) is 2.30. The van der Waals surface area contributed by atoms with Crippen molar-refractivity contribution < 1.29 is 4.74 Å². The zero-order valence-electron chi connectivity index (χ0n) is 10.2. The molecule has 0 aliphatic rings. The van der Waals surface area contributed by atoms with Crippen LogP contribution < -0.4 is 10.1 Å². The molecular weight excluding hydrogens is 198 g/mol. The molecular formula is C14H21NO. The van der Waals surface area contributed by atoms with Crippen molar-refractivity contribution in [2.75, 3.05) is 13.2 Å². The molecule has 88 valence electrons. The van der Waals surface area contributed by atoms with Crippen LogP contribution in [0, 0.1) is 0 Å². The van der Waals surface area contributed by atoms with Crippen LogP contribution in [0.4, 0.5) is 0 Å². The molecule has 1 rings (SSSR count). The molecule has 0 radical (unpaired) electrons.